The molecule has 3 aliphatic carbocycles. The molecule has 1 aromatic heterocycles. The first-order valence-electron chi connectivity index (χ1n) is 9.06. The summed E-state index contributed by atoms with van der Waals surface area (Å²) < 4.78 is 6.86. The van der Waals surface area contributed by atoms with E-state index >= 15 is 0 Å². The van der Waals surface area contributed by atoms with Gasteiger partial charge in [0.1, 0.15) is 0 Å². The molecular formula is C18H28ClN3OSi. The molecule has 0 atom stereocenters. The molecule has 3 saturated carbocycles. The second-order valence-electron chi connectivity index (χ2n) is 9.54. The van der Waals surface area contributed by atoms with Crippen LogP contribution in [0, 0.1) is 0 Å². The Morgan fingerprint density at radius 2 is 1.92 bits per heavy atom. The van der Waals surface area contributed by atoms with Crippen molar-refractivity contribution >= 4 is 25.7 Å². The van der Waals surface area contributed by atoms with Crippen molar-refractivity contribution in [1.82, 2.24) is 10.2 Å². The van der Waals surface area contributed by atoms with E-state index in [1.54, 1.807) is 0 Å². The summed E-state index contributed by atoms with van der Waals surface area (Å²) in [7, 11) is -1.72. The second-order valence-corrected chi connectivity index (χ2v) is 14.7. The molecule has 3 fully saturated rings. The van der Waals surface area contributed by atoms with E-state index in [-0.39, 0.29) is 16.2 Å². The van der Waals surface area contributed by atoms with Crippen molar-refractivity contribution in [1.29, 1.82) is 0 Å². The fraction of sp³-hybridized carbons (Fsp3) is 0.778. The van der Waals surface area contributed by atoms with Crippen LogP contribution in [0.4, 0.5) is 5.82 Å². The SMILES string of the molecule is CC(C)(C)[Si](C)(C)OC12CCC(N3CCc4cc(Cl)nnc43)(C1)C2. The van der Waals surface area contributed by atoms with Crippen LogP contribution in [0.5, 0.6) is 0 Å². The lowest BCUT2D eigenvalue weighted by molar-refractivity contribution is -0.0215. The van der Waals surface area contributed by atoms with Gasteiger partial charge in [-0.15, -0.1) is 10.2 Å². The highest BCUT2D eigenvalue weighted by atomic mass is 35.5. The summed E-state index contributed by atoms with van der Waals surface area (Å²) >= 11 is 6.01. The highest BCUT2D eigenvalue weighted by Crippen LogP contribution is 2.63. The number of anilines is 1. The van der Waals surface area contributed by atoms with E-state index in [4.69, 9.17) is 16.0 Å². The number of hydrogen-bond acceptors (Lipinski definition) is 4. The lowest BCUT2D eigenvalue weighted by atomic mass is 9.72. The summed E-state index contributed by atoms with van der Waals surface area (Å²) in [5.41, 5.74) is 1.61. The van der Waals surface area contributed by atoms with E-state index in [1.807, 2.05) is 6.07 Å². The van der Waals surface area contributed by atoms with Gasteiger partial charge in [-0.05, 0) is 56.3 Å². The molecule has 0 saturated heterocycles. The minimum Gasteiger partial charge on any atom is -0.411 e. The maximum Gasteiger partial charge on any atom is 0.192 e. The molecule has 6 heteroatoms. The smallest absolute Gasteiger partial charge is 0.192 e. The molecule has 0 amide bonds. The topological polar surface area (TPSA) is 38.2 Å². The molecule has 0 unspecified atom stereocenters. The van der Waals surface area contributed by atoms with Crippen molar-refractivity contribution in [3.05, 3.63) is 16.8 Å². The Bertz CT molecular complexity index is 679. The molecule has 4 nitrogen and oxygen atoms in total. The molecule has 0 N–H and O–H groups in total. The average molecular weight is 366 g/mol. The van der Waals surface area contributed by atoms with Gasteiger partial charge in [0.2, 0.25) is 0 Å². The molecule has 2 heterocycles. The Labute approximate surface area is 151 Å². The monoisotopic (exact) mass is 365 g/mol. The molecule has 0 spiro atoms. The van der Waals surface area contributed by atoms with Gasteiger partial charge in [0.15, 0.2) is 19.3 Å². The number of aromatic nitrogens is 2. The normalized spacial score (nSPS) is 32.0. The van der Waals surface area contributed by atoms with Gasteiger partial charge >= 0.3 is 0 Å². The van der Waals surface area contributed by atoms with Gasteiger partial charge in [-0.2, -0.15) is 0 Å². The first-order valence-corrected chi connectivity index (χ1v) is 12.3. The van der Waals surface area contributed by atoms with E-state index in [9.17, 15) is 0 Å². The lowest BCUT2D eigenvalue weighted by Gasteiger charge is -2.55. The molecule has 24 heavy (non-hydrogen) atoms. The highest BCUT2D eigenvalue weighted by Gasteiger charge is 2.66. The van der Waals surface area contributed by atoms with Crippen LogP contribution < -0.4 is 4.90 Å². The number of fused-ring (bicyclic) bond motifs is 2. The third kappa shape index (κ3) is 2.35. The van der Waals surface area contributed by atoms with E-state index in [0.29, 0.717) is 5.15 Å². The van der Waals surface area contributed by atoms with E-state index in [2.05, 4.69) is 49.0 Å². The molecule has 1 aromatic rings. The van der Waals surface area contributed by atoms with Crippen molar-refractivity contribution in [2.24, 2.45) is 0 Å². The standard InChI is InChI=1S/C18H28ClN3OSi/c1-16(2,3)24(4,5)23-18-8-7-17(11-18,12-18)22-9-6-13-10-14(19)20-21-15(13)22/h10H,6-9,11-12H2,1-5H3. The Morgan fingerprint density at radius 1 is 1.21 bits per heavy atom. The lowest BCUT2D eigenvalue weighted by Crippen LogP contribution is -2.62. The minimum atomic E-state index is -1.72. The molecule has 5 rings (SSSR count). The van der Waals surface area contributed by atoms with Crippen molar-refractivity contribution in [2.75, 3.05) is 11.4 Å². The second kappa shape index (κ2) is 4.95. The molecule has 132 valence electrons. The van der Waals surface area contributed by atoms with Crippen LogP contribution in [0.15, 0.2) is 6.07 Å². The number of nitrogens with zero attached hydrogens (tertiary/aromatic N) is 3. The van der Waals surface area contributed by atoms with Crippen molar-refractivity contribution in [3.63, 3.8) is 0 Å². The predicted octanol–water partition coefficient (Wildman–Crippen LogP) is 4.58. The summed E-state index contributed by atoms with van der Waals surface area (Å²) in [4.78, 5) is 2.51. The van der Waals surface area contributed by atoms with Crippen molar-refractivity contribution < 1.29 is 4.43 Å². The number of halogens is 1. The number of rotatable bonds is 3. The van der Waals surface area contributed by atoms with Gasteiger partial charge in [-0.1, -0.05) is 32.4 Å². The van der Waals surface area contributed by atoms with Crippen LogP contribution in [-0.4, -0.2) is 36.2 Å². The zero-order valence-corrected chi connectivity index (χ0v) is 17.2. The Kier molecular flexibility index (Phi) is 3.47. The van der Waals surface area contributed by atoms with Crippen molar-refractivity contribution in [2.45, 2.75) is 82.1 Å². The Balaban J connectivity index is 1.53. The van der Waals surface area contributed by atoms with Gasteiger partial charge < -0.3 is 9.33 Å². The third-order valence-electron chi connectivity index (χ3n) is 6.88. The molecule has 4 aliphatic rings. The Hall–Kier alpha value is -0.653. The quantitative estimate of drug-likeness (QED) is 0.735. The molecule has 1 aliphatic heterocycles. The summed E-state index contributed by atoms with van der Waals surface area (Å²) in [5, 5.41) is 9.25. The van der Waals surface area contributed by atoms with Gasteiger partial charge in [0.25, 0.3) is 0 Å². The van der Waals surface area contributed by atoms with Crippen LogP contribution in [0.3, 0.4) is 0 Å². The van der Waals surface area contributed by atoms with Crippen LogP contribution >= 0.6 is 11.6 Å². The average Bonchev–Trinajstić information content (AvgIpc) is 3.06. The zero-order chi connectivity index (χ0) is 17.4. The maximum atomic E-state index is 6.86. The summed E-state index contributed by atoms with van der Waals surface area (Å²) in [5.74, 6) is 1.06. The third-order valence-corrected chi connectivity index (χ3v) is 11.6. The highest BCUT2D eigenvalue weighted by molar-refractivity contribution is 6.74. The molecule has 2 bridgehead atoms. The summed E-state index contributed by atoms with van der Waals surface area (Å²) in [6.07, 6.45) is 5.73. The molecular weight excluding hydrogens is 338 g/mol. The van der Waals surface area contributed by atoms with Crippen molar-refractivity contribution in [3.8, 4) is 0 Å². The predicted molar refractivity (Wildman–Crippen MR) is 100 cm³/mol. The maximum absolute atomic E-state index is 6.86. The summed E-state index contributed by atoms with van der Waals surface area (Å²) in [6.45, 7) is 12.8. The van der Waals surface area contributed by atoms with Crippen LogP contribution in [0.25, 0.3) is 0 Å². The zero-order valence-electron chi connectivity index (χ0n) is 15.4. The largest absolute Gasteiger partial charge is 0.411 e. The first kappa shape index (κ1) is 16.8. The van der Waals surface area contributed by atoms with Gasteiger partial charge in [-0.3, -0.25) is 0 Å². The fourth-order valence-corrected chi connectivity index (χ4v) is 6.52. The van der Waals surface area contributed by atoms with Crippen LogP contribution in [-0.2, 0) is 10.8 Å². The van der Waals surface area contributed by atoms with E-state index in [1.165, 1.54) is 18.4 Å². The summed E-state index contributed by atoms with van der Waals surface area (Å²) in [6, 6.07) is 1.98. The minimum absolute atomic E-state index is 0.117. The van der Waals surface area contributed by atoms with Gasteiger partial charge in [0.05, 0.1) is 5.60 Å². The van der Waals surface area contributed by atoms with E-state index in [0.717, 1.165) is 31.6 Å². The van der Waals surface area contributed by atoms with Gasteiger partial charge in [-0.25, -0.2) is 0 Å². The first-order chi connectivity index (χ1) is 11.1. The van der Waals surface area contributed by atoms with E-state index < -0.39 is 8.32 Å². The molecule has 0 aromatic carbocycles. The van der Waals surface area contributed by atoms with Crippen LogP contribution in [0.1, 0.15) is 52.0 Å². The Morgan fingerprint density at radius 3 is 2.58 bits per heavy atom. The number of hydrogen-bond donors (Lipinski definition) is 0. The van der Waals surface area contributed by atoms with Crippen LogP contribution in [0.2, 0.25) is 23.3 Å². The van der Waals surface area contributed by atoms with Gasteiger partial charge in [0, 0.05) is 17.6 Å². The molecule has 0 radical (unpaired) electrons. The fourth-order valence-electron chi connectivity index (χ4n) is 4.71.